The summed E-state index contributed by atoms with van der Waals surface area (Å²) in [5.41, 5.74) is 3.44. The summed E-state index contributed by atoms with van der Waals surface area (Å²) in [5.74, 6) is -0.147. The summed E-state index contributed by atoms with van der Waals surface area (Å²) in [6.45, 7) is 0. The first-order valence-electron chi connectivity index (χ1n) is 6.55. The lowest BCUT2D eigenvalue weighted by molar-refractivity contribution is 0.102. The standard InChI is InChI=1S/C17H13N3O/c21-17(14-7-10-18-11-8-14)20-16-5-3-13(4-6-16)15-2-1-9-19-12-15/h1-12H,(H,20,21). The maximum Gasteiger partial charge on any atom is 0.255 e. The van der Waals surface area contributed by atoms with Crippen LogP contribution in [0.25, 0.3) is 11.1 Å². The molecule has 0 atom stereocenters. The van der Waals surface area contributed by atoms with Crippen LogP contribution in [-0.4, -0.2) is 15.9 Å². The molecular weight excluding hydrogens is 262 g/mol. The molecule has 0 bridgehead atoms. The number of anilines is 1. The van der Waals surface area contributed by atoms with Gasteiger partial charge in [0.05, 0.1) is 0 Å². The first-order valence-corrected chi connectivity index (χ1v) is 6.55. The van der Waals surface area contributed by atoms with E-state index in [9.17, 15) is 4.79 Å². The first-order chi connectivity index (χ1) is 10.3. The van der Waals surface area contributed by atoms with Gasteiger partial charge in [0.1, 0.15) is 0 Å². The topological polar surface area (TPSA) is 54.9 Å². The first kappa shape index (κ1) is 13.0. The molecule has 4 nitrogen and oxygen atoms in total. The maximum atomic E-state index is 12.0. The zero-order chi connectivity index (χ0) is 14.5. The summed E-state index contributed by atoms with van der Waals surface area (Å²) in [6.07, 6.45) is 6.75. The van der Waals surface area contributed by atoms with Crippen LogP contribution in [0.2, 0.25) is 0 Å². The lowest BCUT2D eigenvalue weighted by Gasteiger charge is -2.06. The molecule has 0 radical (unpaired) electrons. The Balaban J connectivity index is 1.75. The highest BCUT2D eigenvalue weighted by molar-refractivity contribution is 6.04. The molecule has 1 amide bonds. The minimum atomic E-state index is -0.147. The Bertz CT molecular complexity index is 725. The molecule has 2 heterocycles. The van der Waals surface area contributed by atoms with Crippen molar-refractivity contribution in [3.63, 3.8) is 0 Å². The molecule has 2 aromatic heterocycles. The van der Waals surface area contributed by atoms with Crippen LogP contribution in [-0.2, 0) is 0 Å². The molecule has 0 saturated carbocycles. The normalized spacial score (nSPS) is 10.1. The summed E-state index contributed by atoms with van der Waals surface area (Å²) in [7, 11) is 0. The predicted octanol–water partition coefficient (Wildman–Crippen LogP) is 3.40. The molecule has 1 aromatic carbocycles. The third kappa shape index (κ3) is 3.12. The molecule has 4 heteroatoms. The van der Waals surface area contributed by atoms with E-state index in [2.05, 4.69) is 15.3 Å². The Hall–Kier alpha value is -3.01. The summed E-state index contributed by atoms with van der Waals surface area (Å²) >= 11 is 0. The average Bonchev–Trinajstić information content (AvgIpc) is 2.57. The summed E-state index contributed by atoms with van der Waals surface area (Å²) in [4.78, 5) is 20.0. The molecule has 0 saturated heterocycles. The van der Waals surface area contributed by atoms with Gasteiger partial charge in [0.15, 0.2) is 0 Å². The predicted molar refractivity (Wildman–Crippen MR) is 81.9 cm³/mol. The van der Waals surface area contributed by atoms with E-state index in [0.29, 0.717) is 5.56 Å². The highest BCUT2D eigenvalue weighted by atomic mass is 16.1. The number of aromatic nitrogens is 2. The summed E-state index contributed by atoms with van der Waals surface area (Å²) in [6, 6.07) is 14.9. The molecule has 3 rings (SSSR count). The van der Waals surface area contributed by atoms with Crippen LogP contribution < -0.4 is 5.32 Å². The van der Waals surface area contributed by atoms with Crippen molar-refractivity contribution < 1.29 is 4.79 Å². The Morgan fingerprint density at radius 1 is 0.810 bits per heavy atom. The van der Waals surface area contributed by atoms with Gasteiger partial charge in [-0.1, -0.05) is 18.2 Å². The van der Waals surface area contributed by atoms with Crippen LogP contribution >= 0.6 is 0 Å². The van der Waals surface area contributed by atoms with Crippen molar-refractivity contribution in [1.82, 2.24) is 9.97 Å². The third-order valence-electron chi connectivity index (χ3n) is 3.08. The van der Waals surface area contributed by atoms with Crippen LogP contribution in [0.5, 0.6) is 0 Å². The van der Waals surface area contributed by atoms with Crippen molar-refractivity contribution in [2.45, 2.75) is 0 Å². The van der Waals surface area contributed by atoms with Crippen LogP contribution in [0.4, 0.5) is 5.69 Å². The Morgan fingerprint density at radius 2 is 1.57 bits per heavy atom. The molecule has 0 aliphatic heterocycles. The second-order valence-electron chi connectivity index (χ2n) is 4.51. The van der Waals surface area contributed by atoms with E-state index < -0.39 is 0 Å². The fraction of sp³-hybridized carbons (Fsp3) is 0. The second-order valence-corrected chi connectivity index (χ2v) is 4.51. The van der Waals surface area contributed by atoms with E-state index in [1.807, 2.05) is 42.6 Å². The number of amides is 1. The van der Waals surface area contributed by atoms with Crippen molar-refractivity contribution in [3.8, 4) is 11.1 Å². The number of carbonyl (C=O) groups is 1. The fourth-order valence-corrected chi connectivity index (χ4v) is 1.99. The van der Waals surface area contributed by atoms with Crippen LogP contribution in [0, 0.1) is 0 Å². The lowest BCUT2D eigenvalue weighted by Crippen LogP contribution is -2.11. The number of nitrogens with one attached hydrogen (secondary N) is 1. The summed E-state index contributed by atoms with van der Waals surface area (Å²) in [5, 5.41) is 2.85. The molecule has 0 spiro atoms. The van der Waals surface area contributed by atoms with E-state index in [4.69, 9.17) is 0 Å². The average molecular weight is 275 g/mol. The van der Waals surface area contributed by atoms with Crippen LogP contribution in [0.1, 0.15) is 10.4 Å². The Morgan fingerprint density at radius 3 is 2.24 bits per heavy atom. The number of benzene rings is 1. The monoisotopic (exact) mass is 275 g/mol. The molecule has 0 unspecified atom stereocenters. The van der Waals surface area contributed by atoms with Gasteiger partial charge in [0.25, 0.3) is 5.91 Å². The van der Waals surface area contributed by atoms with Crippen LogP contribution in [0.15, 0.2) is 73.3 Å². The quantitative estimate of drug-likeness (QED) is 0.797. The molecule has 0 fully saturated rings. The molecule has 1 N–H and O–H groups in total. The van der Waals surface area contributed by atoms with Crippen molar-refractivity contribution in [2.24, 2.45) is 0 Å². The van der Waals surface area contributed by atoms with Gasteiger partial charge in [-0.15, -0.1) is 0 Å². The second kappa shape index (κ2) is 5.96. The molecular formula is C17H13N3O. The highest BCUT2D eigenvalue weighted by Crippen LogP contribution is 2.20. The molecule has 102 valence electrons. The molecule has 0 aliphatic rings. The largest absolute Gasteiger partial charge is 0.322 e. The SMILES string of the molecule is O=C(Nc1ccc(-c2cccnc2)cc1)c1ccncc1. The minimum absolute atomic E-state index is 0.147. The molecule has 0 aliphatic carbocycles. The third-order valence-corrected chi connectivity index (χ3v) is 3.08. The van der Waals surface area contributed by atoms with E-state index in [-0.39, 0.29) is 5.91 Å². The van der Waals surface area contributed by atoms with Gasteiger partial charge < -0.3 is 5.32 Å². The van der Waals surface area contributed by atoms with E-state index in [0.717, 1.165) is 16.8 Å². The highest BCUT2D eigenvalue weighted by Gasteiger charge is 2.05. The van der Waals surface area contributed by atoms with Crippen molar-refractivity contribution in [2.75, 3.05) is 5.32 Å². The van der Waals surface area contributed by atoms with Crippen molar-refractivity contribution in [3.05, 3.63) is 78.9 Å². The number of hydrogen-bond acceptors (Lipinski definition) is 3. The van der Waals surface area contributed by atoms with Crippen molar-refractivity contribution in [1.29, 1.82) is 0 Å². The van der Waals surface area contributed by atoms with Gasteiger partial charge in [-0.05, 0) is 41.5 Å². The van der Waals surface area contributed by atoms with Gasteiger partial charge in [0.2, 0.25) is 0 Å². The van der Waals surface area contributed by atoms with Gasteiger partial charge in [-0.2, -0.15) is 0 Å². The molecule has 21 heavy (non-hydrogen) atoms. The smallest absolute Gasteiger partial charge is 0.255 e. The Kier molecular flexibility index (Phi) is 3.69. The lowest BCUT2D eigenvalue weighted by atomic mass is 10.1. The molecule has 3 aromatic rings. The van der Waals surface area contributed by atoms with Crippen molar-refractivity contribution >= 4 is 11.6 Å². The van der Waals surface area contributed by atoms with E-state index in [1.165, 1.54) is 0 Å². The van der Waals surface area contributed by atoms with Gasteiger partial charge in [-0.3, -0.25) is 14.8 Å². The van der Waals surface area contributed by atoms with E-state index in [1.54, 1.807) is 30.7 Å². The maximum absolute atomic E-state index is 12.0. The summed E-state index contributed by atoms with van der Waals surface area (Å²) < 4.78 is 0. The Labute approximate surface area is 122 Å². The number of pyridine rings is 2. The van der Waals surface area contributed by atoms with E-state index >= 15 is 0 Å². The fourth-order valence-electron chi connectivity index (χ4n) is 1.99. The number of nitrogens with zero attached hydrogens (tertiary/aromatic N) is 2. The zero-order valence-corrected chi connectivity index (χ0v) is 11.2. The van der Waals surface area contributed by atoms with Gasteiger partial charge in [0, 0.05) is 36.0 Å². The number of rotatable bonds is 3. The van der Waals surface area contributed by atoms with Gasteiger partial charge in [-0.25, -0.2) is 0 Å². The minimum Gasteiger partial charge on any atom is -0.322 e. The zero-order valence-electron chi connectivity index (χ0n) is 11.2. The van der Waals surface area contributed by atoms with Crippen LogP contribution in [0.3, 0.4) is 0 Å². The number of hydrogen-bond donors (Lipinski definition) is 1. The number of carbonyl (C=O) groups excluding carboxylic acids is 1. The van der Waals surface area contributed by atoms with Gasteiger partial charge >= 0.3 is 0 Å².